The first kappa shape index (κ1) is 18.1. The molecule has 0 aliphatic carbocycles. The van der Waals surface area contributed by atoms with Crippen molar-refractivity contribution in [3.63, 3.8) is 0 Å². The molecule has 1 heterocycles. The van der Waals surface area contributed by atoms with Crippen molar-refractivity contribution in [2.75, 3.05) is 19.5 Å². The van der Waals surface area contributed by atoms with Crippen LogP contribution >= 0.6 is 0 Å². The number of hydrogen-bond donors (Lipinski definition) is 1. The highest BCUT2D eigenvalue weighted by Gasteiger charge is 2.11. The Morgan fingerprint density at radius 1 is 1.07 bits per heavy atom. The average Bonchev–Trinajstić information content (AvgIpc) is 3.13. The first-order chi connectivity index (χ1) is 13.2. The number of ether oxygens (including phenoxy) is 2. The fraction of sp³-hybridized carbons (Fsp3) is 0.143. The summed E-state index contributed by atoms with van der Waals surface area (Å²) >= 11 is 0. The van der Waals surface area contributed by atoms with Gasteiger partial charge in [-0.1, -0.05) is 24.3 Å². The van der Waals surface area contributed by atoms with Gasteiger partial charge in [-0.3, -0.25) is 0 Å². The maximum atomic E-state index is 9.28. The van der Waals surface area contributed by atoms with Crippen LogP contribution in [0.5, 0.6) is 11.5 Å². The number of rotatable bonds is 7. The molecule has 0 radical (unpaired) electrons. The van der Waals surface area contributed by atoms with E-state index in [0.29, 0.717) is 18.3 Å². The van der Waals surface area contributed by atoms with Gasteiger partial charge in [-0.15, -0.1) is 0 Å². The minimum Gasteiger partial charge on any atom is -0.497 e. The molecule has 1 N–H and O–H groups in total. The number of nitrogens with zero attached hydrogens (tertiary/aromatic N) is 2. The molecule has 6 nitrogen and oxygen atoms in total. The van der Waals surface area contributed by atoms with Crippen LogP contribution in [0.3, 0.4) is 0 Å². The van der Waals surface area contributed by atoms with Gasteiger partial charge in [0, 0.05) is 12.6 Å². The van der Waals surface area contributed by atoms with E-state index in [2.05, 4.69) is 10.3 Å². The summed E-state index contributed by atoms with van der Waals surface area (Å²) in [5, 5.41) is 12.4. The van der Waals surface area contributed by atoms with Gasteiger partial charge in [0.15, 0.2) is 0 Å². The largest absolute Gasteiger partial charge is 0.497 e. The fourth-order valence-electron chi connectivity index (χ4n) is 2.44. The lowest BCUT2D eigenvalue weighted by atomic mass is 10.2. The van der Waals surface area contributed by atoms with Crippen molar-refractivity contribution < 1.29 is 13.9 Å². The first-order valence-corrected chi connectivity index (χ1v) is 8.31. The van der Waals surface area contributed by atoms with E-state index in [1.165, 1.54) is 0 Å². The van der Waals surface area contributed by atoms with Gasteiger partial charge in [-0.05, 0) is 41.5 Å². The maximum absolute atomic E-state index is 9.28. The van der Waals surface area contributed by atoms with Gasteiger partial charge in [0.05, 0.1) is 14.2 Å². The van der Waals surface area contributed by atoms with Crippen molar-refractivity contribution in [2.24, 2.45) is 0 Å². The predicted molar refractivity (Wildman–Crippen MR) is 103 cm³/mol. The van der Waals surface area contributed by atoms with Crippen LogP contribution in [0, 0.1) is 11.3 Å². The monoisotopic (exact) mass is 361 g/mol. The Hall–Kier alpha value is -3.72. The van der Waals surface area contributed by atoms with Crippen LogP contribution in [0.25, 0.3) is 12.2 Å². The summed E-state index contributed by atoms with van der Waals surface area (Å²) in [5.41, 5.74) is 2.19. The second-order valence-electron chi connectivity index (χ2n) is 5.65. The van der Waals surface area contributed by atoms with Crippen LogP contribution < -0.4 is 14.8 Å². The van der Waals surface area contributed by atoms with E-state index in [-0.39, 0.29) is 5.69 Å². The molecule has 0 fully saturated rings. The lowest BCUT2D eigenvalue weighted by Gasteiger charge is -2.04. The Kier molecular flexibility index (Phi) is 5.75. The van der Waals surface area contributed by atoms with Crippen molar-refractivity contribution in [2.45, 2.75) is 6.54 Å². The molecule has 0 unspecified atom stereocenters. The summed E-state index contributed by atoms with van der Waals surface area (Å²) in [5.74, 6) is 2.26. The third-order valence-electron chi connectivity index (χ3n) is 3.87. The standard InChI is InChI=1S/C21H19N3O3/c1-25-17-9-6-16(7-10-17)14-23-21-19(13-22)24-20(27-21)11-8-15-4-3-5-18(12-15)26-2/h3-12,23H,14H2,1-2H3. The molecule has 136 valence electrons. The molecule has 0 saturated carbocycles. The SMILES string of the molecule is COc1ccc(CNc2oc(C=Cc3cccc(OC)c3)nc2C#N)cc1. The fourth-order valence-corrected chi connectivity index (χ4v) is 2.44. The average molecular weight is 361 g/mol. The molecule has 0 saturated heterocycles. The molecule has 0 atom stereocenters. The zero-order valence-corrected chi connectivity index (χ0v) is 15.1. The van der Waals surface area contributed by atoms with Crippen LogP contribution in [0.15, 0.2) is 52.9 Å². The van der Waals surface area contributed by atoms with Crippen molar-refractivity contribution >= 4 is 18.0 Å². The minimum absolute atomic E-state index is 0.216. The second-order valence-corrected chi connectivity index (χ2v) is 5.65. The van der Waals surface area contributed by atoms with E-state index in [9.17, 15) is 5.26 Å². The van der Waals surface area contributed by atoms with Crippen molar-refractivity contribution in [3.8, 4) is 17.6 Å². The topological polar surface area (TPSA) is 80.3 Å². The van der Waals surface area contributed by atoms with Crippen molar-refractivity contribution in [3.05, 3.63) is 71.2 Å². The highest BCUT2D eigenvalue weighted by molar-refractivity contribution is 5.67. The number of nitriles is 1. The Labute approximate surface area is 157 Å². The molecule has 1 aromatic heterocycles. The van der Waals surface area contributed by atoms with Gasteiger partial charge in [0.25, 0.3) is 0 Å². The Morgan fingerprint density at radius 2 is 1.85 bits per heavy atom. The summed E-state index contributed by atoms with van der Waals surface area (Å²) in [6.45, 7) is 0.507. The van der Waals surface area contributed by atoms with E-state index < -0.39 is 0 Å². The lowest BCUT2D eigenvalue weighted by molar-refractivity contribution is 0.414. The van der Waals surface area contributed by atoms with Gasteiger partial charge in [-0.25, -0.2) is 0 Å². The van der Waals surface area contributed by atoms with Crippen LogP contribution in [-0.4, -0.2) is 19.2 Å². The Morgan fingerprint density at radius 3 is 2.56 bits per heavy atom. The highest BCUT2D eigenvalue weighted by atomic mass is 16.5. The molecule has 0 spiro atoms. The van der Waals surface area contributed by atoms with E-state index in [0.717, 1.165) is 22.6 Å². The van der Waals surface area contributed by atoms with E-state index >= 15 is 0 Å². The second kappa shape index (κ2) is 8.59. The summed E-state index contributed by atoms with van der Waals surface area (Å²) in [6, 6.07) is 17.3. The Balaban J connectivity index is 1.70. The van der Waals surface area contributed by atoms with Crippen LogP contribution in [0.4, 0.5) is 5.88 Å². The first-order valence-electron chi connectivity index (χ1n) is 8.31. The van der Waals surface area contributed by atoms with Gasteiger partial charge in [0.2, 0.25) is 17.5 Å². The molecule has 27 heavy (non-hydrogen) atoms. The summed E-state index contributed by atoms with van der Waals surface area (Å²) in [7, 11) is 3.25. The summed E-state index contributed by atoms with van der Waals surface area (Å²) in [6.07, 6.45) is 3.57. The van der Waals surface area contributed by atoms with E-state index in [1.807, 2.05) is 60.7 Å². The van der Waals surface area contributed by atoms with Crippen LogP contribution in [-0.2, 0) is 6.54 Å². The number of nitrogens with one attached hydrogen (secondary N) is 1. The quantitative estimate of drug-likeness (QED) is 0.674. The van der Waals surface area contributed by atoms with Gasteiger partial charge in [-0.2, -0.15) is 10.2 Å². The maximum Gasteiger partial charge on any atom is 0.232 e. The summed E-state index contributed by atoms with van der Waals surface area (Å²) in [4.78, 5) is 4.20. The third-order valence-corrected chi connectivity index (χ3v) is 3.87. The molecule has 3 rings (SSSR count). The molecule has 0 aliphatic heterocycles. The summed E-state index contributed by atoms with van der Waals surface area (Å²) < 4.78 is 16.0. The van der Waals surface area contributed by atoms with Crippen LogP contribution in [0.1, 0.15) is 22.7 Å². The molecule has 0 amide bonds. The smallest absolute Gasteiger partial charge is 0.232 e. The van der Waals surface area contributed by atoms with Crippen LogP contribution in [0.2, 0.25) is 0 Å². The predicted octanol–water partition coefficient (Wildman–Crippen LogP) is 4.35. The number of benzene rings is 2. The number of hydrogen-bond acceptors (Lipinski definition) is 6. The van der Waals surface area contributed by atoms with Gasteiger partial charge < -0.3 is 19.2 Å². The molecule has 6 heteroatoms. The third kappa shape index (κ3) is 4.67. The zero-order valence-electron chi connectivity index (χ0n) is 15.1. The van der Waals surface area contributed by atoms with Gasteiger partial charge >= 0.3 is 0 Å². The Bertz CT molecular complexity index is 969. The van der Waals surface area contributed by atoms with Crippen molar-refractivity contribution in [1.29, 1.82) is 5.26 Å². The van der Waals surface area contributed by atoms with E-state index in [1.54, 1.807) is 20.3 Å². The number of anilines is 1. The molecule has 3 aromatic rings. The minimum atomic E-state index is 0.216. The molecule has 0 aliphatic rings. The number of aromatic nitrogens is 1. The lowest BCUT2D eigenvalue weighted by Crippen LogP contribution is -1.99. The number of methoxy groups -OCH3 is 2. The van der Waals surface area contributed by atoms with E-state index in [4.69, 9.17) is 13.9 Å². The highest BCUT2D eigenvalue weighted by Crippen LogP contribution is 2.21. The molecule has 2 aromatic carbocycles. The number of oxazole rings is 1. The zero-order chi connectivity index (χ0) is 19.1. The normalized spacial score (nSPS) is 10.6. The van der Waals surface area contributed by atoms with Crippen molar-refractivity contribution in [1.82, 2.24) is 4.98 Å². The van der Waals surface area contributed by atoms with Gasteiger partial charge in [0.1, 0.15) is 17.6 Å². The molecular formula is C21H19N3O3. The molecule has 0 bridgehead atoms. The molecular weight excluding hydrogens is 342 g/mol.